The van der Waals surface area contributed by atoms with Crippen molar-refractivity contribution in [1.82, 2.24) is 0 Å². The van der Waals surface area contributed by atoms with Crippen LogP contribution in [0.25, 0.3) is 6.08 Å². The maximum Gasteiger partial charge on any atom is 0.363 e. The summed E-state index contributed by atoms with van der Waals surface area (Å²) in [5, 5.41) is 11.6. The van der Waals surface area contributed by atoms with Gasteiger partial charge >= 0.3 is 11.7 Å². The van der Waals surface area contributed by atoms with Gasteiger partial charge in [-0.05, 0) is 29.8 Å². The average molecular weight is 359 g/mol. The molecule has 0 atom stereocenters. The molecule has 2 aromatic carbocycles. The van der Waals surface area contributed by atoms with Gasteiger partial charge < -0.3 is 9.47 Å². The minimum absolute atomic E-state index is 0.0194. The Morgan fingerprint density at radius 3 is 2.72 bits per heavy atom. The molecule has 25 heavy (non-hydrogen) atoms. The lowest BCUT2D eigenvalue weighted by Gasteiger charge is -2.03. The van der Waals surface area contributed by atoms with Crippen LogP contribution in [-0.4, -0.2) is 23.9 Å². The lowest BCUT2D eigenvalue weighted by atomic mass is 10.2. The Kier molecular flexibility index (Phi) is 4.49. The van der Waals surface area contributed by atoms with Crippen LogP contribution in [0.1, 0.15) is 11.1 Å². The van der Waals surface area contributed by atoms with E-state index in [0.29, 0.717) is 16.1 Å². The van der Waals surface area contributed by atoms with Crippen molar-refractivity contribution in [3.8, 4) is 5.75 Å². The number of nitro groups is 1. The first-order valence-electron chi connectivity index (χ1n) is 7.09. The highest BCUT2D eigenvalue weighted by atomic mass is 35.5. The summed E-state index contributed by atoms with van der Waals surface area (Å²) in [4.78, 5) is 26.6. The molecule has 0 saturated carbocycles. The van der Waals surface area contributed by atoms with Crippen LogP contribution in [0.2, 0.25) is 5.02 Å². The van der Waals surface area contributed by atoms with E-state index in [-0.39, 0.29) is 23.0 Å². The largest absolute Gasteiger partial charge is 0.490 e. The molecule has 0 aromatic heterocycles. The van der Waals surface area contributed by atoms with E-state index in [2.05, 4.69) is 4.99 Å². The van der Waals surface area contributed by atoms with Crippen molar-refractivity contribution in [2.45, 2.75) is 0 Å². The van der Waals surface area contributed by atoms with Crippen LogP contribution >= 0.6 is 11.6 Å². The monoisotopic (exact) mass is 358 g/mol. The SMILES string of the molecule is COc1ccc(C2=NC(=Cc3ccccc3Cl)C(=O)O2)cc1[N+](=O)[O-]. The molecule has 1 aliphatic rings. The third kappa shape index (κ3) is 3.36. The first kappa shape index (κ1) is 16.7. The highest BCUT2D eigenvalue weighted by Gasteiger charge is 2.26. The zero-order valence-electron chi connectivity index (χ0n) is 12.9. The molecule has 0 aliphatic carbocycles. The summed E-state index contributed by atoms with van der Waals surface area (Å²) in [5.41, 5.74) is 0.717. The zero-order valence-corrected chi connectivity index (χ0v) is 13.7. The Morgan fingerprint density at radius 1 is 1.28 bits per heavy atom. The Hall–Kier alpha value is -3.19. The predicted molar refractivity (Wildman–Crippen MR) is 91.7 cm³/mol. The second kappa shape index (κ2) is 6.74. The molecule has 7 nitrogen and oxygen atoms in total. The zero-order chi connectivity index (χ0) is 18.0. The third-order valence-corrected chi connectivity index (χ3v) is 3.78. The molecule has 2 aromatic rings. The fraction of sp³-hybridized carbons (Fsp3) is 0.0588. The number of methoxy groups -OCH3 is 1. The lowest BCUT2D eigenvalue weighted by molar-refractivity contribution is -0.385. The normalized spacial score (nSPS) is 15.0. The standard InChI is InChI=1S/C17H11ClN2O5/c1-24-15-7-6-11(9-14(15)20(22)23)16-19-13(17(21)25-16)8-10-4-2-3-5-12(10)18/h2-9H,1H3. The van der Waals surface area contributed by atoms with E-state index in [1.165, 1.54) is 31.4 Å². The molecular formula is C17H11ClN2O5. The number of benzene rings is 2. The van der Waals surface area contributed by atoms with E-state index in [4.69, 9.17) is 21.1 Å². The van der Waals surface area contributed by atoms with E-state index >= 15 is 0 Å². The second-order valence-electron chi connectivity index (χ2n) is 5.00. The molecule has 0 fully saturated rings. The summed E-state index contributed by atoms with van der Waals surface area (Å²) >= 11 is 6.06. The Balaban J connectivity index is 1.99. The maximum atomic E-state index is 12.0. The topological polar surface area (TPSA) is 91.0 Å². The minimum atomic E-state index is -0.659. The highest BCUT2D eigenvalue weighted by Crippen LogP contribution is 2.29. The van der Waals surface area contributed by atoms with Crippen molar-refractivity contribution < 1.29 is 19.2 Å². The van der Waals surface area contributed by atoms with Crippen molar-refractivity contribution in [2.75, 3.05) is 7.11 Å². The number of carbonyl (C=O) groups is 1. The van der Waals surface area contributed by atoms with Crippen LogP contribution < -0.4 is 4.74 Å². The third-order valence-electron chi connectivity index (χ3n) is 3.44. The van der Waals surface area contributed by atoms with Gasteiger partial charge in [-0.3, -0.25) is 10.1 Å². The number of nitro benzene ring substituents is 1. The Morgan fingerprint density at radius 2 is 2.04 bits per heavy atom. The number of nitrogens with zero attached hydrogens (tertiary/aromatic N) is 2. The van der Waals surface area contributed by atoms with Crippen molar-refractivity contribution >= 4 is 35.2 Å². The molecule has 0 unspecified atom stereocenters. The van der Waals surface area contributed by atoms with Gasteiger partial charge in [0.2, 0.25) is 5.90 Å². The first-order chi connectivity index (χ1) is 12.0. The summed E-state index contributed by atoms with van der Waals surface area (Å²) in [6.45, 7) is 0. The van der Waals surface area contributed by atoms with Crippen molar-refractivity contribution in [1.29, 1.82) is 0 Å². The molecule has 8 heteroatoms. The molecule has 0 spiro atoms. The van der Waals surface area contributed by atoms with Gasteiger partial charge in [0.1, 0.15) is 0 Å². The number of cyclic esters (lactones) is 1. The van der Waals surface area contributed by atoms with E-state index in [0.717, 1.165) is 0 Å². The van der Waals surface area contributed by atoms with Gasteiger partial charge in [0.15, 0.2) is 11.4 Å². The summed E-state index contributed by atoms with van der Waals surface area (Å²) in [7, 11) is 1.33. The number of hydrogen-bond acceptors (Lipinski definition) is 6. The minimum Gasteiger partial charge on any atom is -0.490 e. The number of rotatable bonds is 4. The van der Waals surface area contributed by atoms with Crippen LogP contribution in [0.5, 0.6) is 5.75 Å². The molecule has 0 amide bonds. The van der Waals surface area contributed by atoms with Gasteiger partial charge in [-0.15, -0.1) is 0 Å². The van der Waals surface area contributed by atoms with Crippen molar-refractivity contribution in [3.63, 3.8) is 0 Å². The number of halogens is 1. The van der Waals surface area contributed by atoms with Gasteiger partial charge in [0, 0.05) is 16.7 Å². The summed E-state index contributed by atoms with van der Waals surface area (Å²) in [6, 6.07) is 11.1. The van der Waals surface area contributed by atoms with Gasteiger partial charge in [-0.1, -0.05) is 29.8 Å². The fourth-order valence-corrected chi connectivity index (χ4v) is 2.43. The summed E-state index contributed by atoms with van der Waals surface area (Å²) in [5.74, 6) is -0.576. The number of aliphatic imine (C=N–C) groups is 1. The molecule has 0 bridgehead atoms. The number of hydrogen-bond donors (Lipinski definition) is 0. The molecule has 0 N–H and O–H groups in total. The Bertz CT molecular complexity index is 936. The quantitative estimate of drug-likeness (QED) is 0.360. The summed E-state index contributed by atoms with van der Waals surface area (Å²) < 4.78 is 10.1. The van der Waals surface area contributed by atoms with Gasteiger partial charge in [0.05, 0.1) is 12.0 Å². The molecular weight excluding hydrogens is 348 g/mol. The van der Waals surface area contributed by atoms with Gasteiger partial charge in [-0.2, -0.15) is 0 Å². The summed E-state index contributed by atoms with van der Waals surface area (Å²) in [6.07, 6.45) is 1.50. The van der Waals surface area contributed by atoms with Gasteiger partial charge in [0.25, 0.3) is 0 Å². The van der Waals surface area contributed by atoms with Crippen LogP contribution in [0.15, 0.2) is 53.2 Å². The number of esters is 1. The smallest absolute Gasteiger partial charge is 0.363 e. The molecule has 0 saturated heterocycles. The fourth-order valence-electron chi connectivity index (χ4n) is 2.24. The Labute approximate surface area is 147 Å². The molecule has 126 valence electrons. The molecule has 1 heterocycles. The van der Waals surface area contributed by atoms with Crippen LogP contribution in [-0.2, 0) is 9.53 Å². The van der Waals surface area contributed by atoms with E-state index in [9.17, 15) is 14.9 Å². The average Bonchev–Trinajstić information content (AvgIpc) is 2.97. The van der Waals surface area contributed by atoms with E-state index in [1.54, 1.807) is 24.3 Å². The van der Waals surface area contributed by atoms with Gasteiger partial charge in [-0.25, -0.2) is 9.79 Å². The lowest BCUT2D eigenvalue weighted by Crippen LogP contribution is -2.06. The van der Waals surface area contributed by atoms with E-state index in [1.807, 2.05) is 0 Å². The second-order valence-corrected chi connectivity index (χ2v) is 5.41. The number of ether oxygens (including phenoxy) is 2. The van der Waals surface area contributed by atoms with Crippen molar-refractivity contribution in [3.05, 3.63) is 74.4 Å². The molecule has 3 rings (SSSR count). The maximum absolute atomic E-state index is 12.0. The predicted octanol–water partition coefficient (Wildman–Crippen LogP) is 3.60. The van der Waals surface area contributed by atoms with Crippen molar-refractivity contribution in [2.24, 2.45) is 4.99 Å². The van der Waals surface area contributed by atoms with Crippen LogP contribution in [0.4, 0.5) is 5.69 Å². The van der Waals surface area contributed by atoms with Crippen LogP contribution in [0, 0.1) is 10.1 Å². The first-order valence-corrected chi connectivity index (χ1v) is 7.47. The van der Waals surface area contributed by atoms with Crippen LogP contribution in [0.3, 0.4) is 0 Å². The molecule has 1 aliphatic heterocycles. The van der Waals surface area contributed by atoms with E-state index < -0.39 is 10.9 Å². The highest BCUT2D eigenvalue weighted by molar-refractivity contribution is 6.32. The molecule has 0 radical (unpaired) electrons. The number of carbonyl (C=O) groups excluding carboxylic acids is 1.